The van der Waals surface area contributed by atoms with E-state index in [0.717, 1.165) is 18.4 Å². The Morgan fingerprint density at radius 2 is 1.52 bits per heavy atom. The monoisotopic (exact) mass is 566 g/mol. The van der Waals surface area contributed by atoms with Crippen LogP contribution in [0.4, 0.5) is 11.4 Å². The zero-order valence-corrected chi connectivity index (χ0v) is 23.7. The van der Waals surface area contributed by atoms with Gasteiger partial charge < -0.3 is 23.8 Å². The van der Waals surface area contributed by atoms with Crippen molar-refractivity contribution in [2.24, 2.45) is 0 Å². The number of rotatable bonds is 10. The zero-order valence-electron chi connectivity index (χ0n) is 22.9. The molecule has 1 N–H and O–H groups in total. The average Bonchev–Trinajstić information content (AvgIpc) is 3.62. The summed E-state index contributed by atoms with van der Waals surface area (Å²) >= 11 is 0. The van der Waals surface area contributed by atoms with Crippen LogP contribution in [-0.2, 0) is 14.8 Å². The van der Waals surface area contributed by atoms with Gasteiger partial charge in [0, 0.05) is 30.6 Å². The Morgan fingerprint density at radius 3 is 2.25 bits per heavy atom. The minimum atomic E-state index is -3.91. The van der Waals surface area contributed by atoms with Gasteiger partial charge in [-0.3, -0.25) is 9.52 Å². The van der Waals surface area contributed by atoms with Crippen LogP contribution in [0.1, 0.15) is 43.6 Å². The SMILES string of the molecule is COc1ccc(S(=O)(=O)Nc2cccc(N3CC(c4ccc(OC)c(OC5CCCC5)c4)CC3=O)c2)cc1OC. The highest BCUT2D eigenvalue weighted by molar-refractivity contribution is 7.92. The van der Waals surface area contributed by atoms with Crippen molar-refractivity contribution in [1.82, 2.24) is 0 Å². The summed E-state index contributed by atoms with van der Waals surface area (Å²) in [6.45, 7) is 0.472. The third kappa shape index (κ3) is 5.82. The Hall–Kier alpha value is -3.92. The molecule has 1 atom stereocenters. The van der Waals surface area contributed by atoms with Crippen LogP contribution in [0.25, 0.3) is 0 Å². The van der Waals surface area contributed by atoms with Gasteiger partial charge in [-0.05, 0) is 73.7 Å². The number of nitrogens with zero attached hydrogens (tertiary/aromatic N) is 1. The van der Waals surface area contributed by atoms with Gasteiger partial charge >= 0.3 is 0 Å². The standard InChI is InChI=1S/C30H34N2O7S/c1-36-26-14-12-25(18-28(26)38-3)40(34,35)31-22-7-6-8-23(17-22)32-19-21(16-30(32)33)20-11-13-27(37-2)29(15-20)39-24-9-4-5-10-24/h6-8,11-15,17-18,21,24,31H,4-5,9-10,16,19H2,1-3H3. The minimum absolute atomic E-state index is 0.0287. The van der Waals surface area contributed by atoms with Crippen LogP contribution in [0.5, 0.6) is 23.0 Å². The predicted octanol–water partition coefficient (Wildman–Crippen LogP) is 5.36. The van der Waals surface area contributed by atoms with Crippen molar-refractivity contribution in [3.8, 4) is 23.0 Å². The van der Waals surface area contributed by atoms with Gasteiger partial charge in [0.05, 0.1) is 38.0 Å². The molecular weight excluding hydrogens is 532 g/mol. The van der Waals surface area contributed by atoms with Gasteiger partial charge in [-0.25, -0.2) is 8.42 Å². The molecule has 5 rings (SSSR count). The maximum atomic E-state index is 13.1. The number of ether oxygens (including phenoxy) is 4. The average molecular weight is 567 g/mol. The quantitative estimate of drug-likeness (QED) is 0.353. The Morgan fingerprint density at radius 1 is 0.825 bits per heavy atom. The van der Waals surface area contributed by atoms with Gasteiger partial charge in [0.25, 0.3) is 10.0 Å². The molecule has 2 aliphatic rings. The fourth-order valence-electron chi connectivity index (χ4n) is 5.34. The summed E-state index contributed by atoms with van der Waals surface area (Å²) in [6.07, 6.45) is 4.95. The number of hydrogen-bond donors (Lipinski definition) is 1. The van der Waals surface area contributed by atoms with E-state index >= 15 is 0 Å². The molecule has 1 heterocycles. The van der Waals surface area contributed by atoms with Gasteiger partial charge in [0.2, 0.25) is 5.91 Å². The molecule has 1 saturated carbocycles. The van der Waals surface area contributed by atoms with Crippen LogP contribution in [0.15, 0.2) is 65.6 Å². The molecule has 212 valence electrons. The summed E-state index contributed by atoms with van der Waals surface area (Å²) in [5.74, 6) is 2.08. The maximum Gasteiger partial charge on any atom is 0.262 e. The van der Waals surface area contributed by atoms with E-state index < -0.39 is 10.0 Å². The third-order valence-electron chi connectivity index (χ3n) is 7.46. The van der Waals surface area contributed by atoms with E-state index in [0.29, 0.717) is 47.3 Å². The van der Waals surface area contributed by atoms with Gasteiger partial charge in [-0.15, -0.1) is 0 Å². The predicted molar refractivity (Wildman–Crippen MR) is 152 cm³/mol. The van der Waals surface area contributed by atoms with E-state index in [1.807, 2.05) is 18.2 Å². The number of sulfonamides is 1. The number of methoxy groups -OCH3 is 3. The maximum absolute atomic E-state index is 13.1. The molecule has 0 spiro atoms. The van der Waals surface area contributed by atoms with Crippen LogP contribution < -0.4 is 28.6 Å². The molecule has 3 aromatic carbocycles. The molecule has 1 saturated heterocycles. The molecule has 10 heteroatoms. The van der Waals surface area contributed by atoms with Crippen molar-refractivity contribution in [3.05, 3.63) is 66.2 Å². The van der Waals surface area contributed by atoms with Crippen LogP contribution in [0.2, 0.25) is 0 Å². The molecule has 1 aliphatic carbocycles. The fourth-order valence-corrected chi connectivity index (χ4v) is 6.41. The molecule has 3 aromatic rings. The first kappa shape index (κ1) is 27.6. The van der Waals surface area contributed by atoms with Crippen LogP contribution >= 0.6 is 0 Å². The fraction of sp³-hybridized carbons (Fsp3) is 0.367. The molecule has 1 amide bonds. The normalized spacial score (nSPS) is 17.6. The molecule has 40 heavy (non-hydrogen) atoms. The van der Waals surface area contributed by atoms with E-state index in [9.17, 15) is 13.2 Å². The summed E-state index contributed by atoms with van der Waals surface area (Å²) in [7, 11) is 0.643. The lowest BCUT2D eigenvalue weighted by molar-refractivity contribution is -0.117. The molecule has 2 fully saturated rings. The Kier molecular flexibility index (Phi) is 8.07. The second-order valence-corrected chi connectivity index (χ2v) is 11.7. The van der Waals surface area contributed by atoms with Crippen LogP contribution in [0, 0.1) is 0 Å². The molecule has 1 aliphatic heterocycles. The molecule has 0 radical (unpaired) electrons. The molecule has 0 bridgehead atoms. The van der Waals surface area contributed by atoms with Crippen molar-refractivity contribution >= 4 is 27.3 Å². The lowest BCUT2D eigenvalue weighted by atomic mass is 9.98. The highest BCUT2D eigenvalue weighted by Gasteiger charge is 2.33. The number of anilines is 2. The smallest absolute Gasteiger partial charge is 0.262 e. The number of amides is 1. The summed E-state index contributed by atoms with van der Waals surface area (Å²) in [6, 6.07) is 17.1. The Bertz CT molecular complexity index is 1490. The first-order chi connectivity index (χ1) is 19.3. The Labute approximate surface area is 235 Å². The van der Waals surface area contributed by atoms with Crippen LogP contribution in [-0.4, -0.2) is 48.3 Å². The summed E-state index contributed by atoms with van der Waals surface area (Å²) in [5.41, 5.74) is 1.98. The first-order valence-electron chi connectivity index (χ1n) is 13.3. The van der Waals surface area contributed by atoms with Gasteiger partial charge in [0.15, 0.2) is 23.0 Å². The number of hydrogen-bond acceptors (Lipinski definition) is 7. The van der Waals surface area contributed by atoms with Gasteiger partial charge in [0.1, 0.15) is 0 Å². The topological polar surface area (TPSA) is 103 Å². The van der Waals surface area contributed by atoms with E-state index in [-0.39, 0.29) is 22.8 Å². The van der Waals surface area contributed by atoms with Crippen molar-refractivity contribution in [3.63, 3.8) is 0 Å². The first-order valence-corrected chi connectivity index (χ1v) is 14.8. The van der Waals surface area contributed by atoms with Gasteiger partial charge in [-0.1, -0.05) is 12.1 Å². The largest absolute Gasteiger partial charge is 0.493 e. The zero-order chi connectivity index (χ0) is 28.3. The number of carbonyl (C=O) groups excluding carboxylic acids is 1. The number of carbonyl (C=O) groups is 1. The van der Waals surface area contributed by atoms with Crippen molar-refractivity contribution in [2.45, 2.75) is 49.0 Å². The number of benzene rings is 3. The molecule has 0 aromatic heterocycles. The van der Waals surface area contributed by atoms with Gasteiger partial charge in [-0.2, -0.15) is 0 Å². The van der Waals surface area contributed by atoms with Crippen molar-refractivity contribution in [1.29, 1.82) is 0 Å². The minimum Gasteiger partial charge on any atom is -0.493 e. The molecule has 9 nitrogen and oxygen atoms in total. The highest BCUT2D eigenvalue weighted by Crippen LogP contribution is 2.38. The van der Waals surface area contributed by atoms with E-state index in [1.165, 1.54) is 45.3 Å². The lowest BCUT2D eigenvalue weighted by Gasteiger charge is -2.20. The Balaban J connectivity index is 1.33. The van der Waals surface area contributed by atoms with E-state index in [1.54, 1.807) is 36.3 Å². The summed E-state index contributed by atoms with van der Waals surface area (Å²) in [5, 5.41) is 0. The summed E-state index contributed by atoms with van der Waals surface area (Å²) in [4.78, 5) is 14.8. The number of nitrogens with one attached hydrogen (secondary N) is 1. The lowest BCUT2D eigenvalue weighted by Crippen LogP contribution is -2.24. The second-order valence-electron chi connectivity index (χ2n) is 10.0. The molecule has 1 unspecified atom stereocenters. The van der Waals surface area contributed by atoms with E-state index in [2.05, 4.69) is 4.72 Å². The summed E-state index contributed by atoms with van der Waals surface area (Å²) < 4.78 is 51.0. The van der Waals surface area contributed by atoms with E-state index in [4.69, 9.17) is 18.9 Å². The third-order valence-corrected chi connectivity index (χ3v) is 8.83. The van der Waals surface area contributed by atoms with Crippen molar-refractivity contribution < 1.29 is 32.2 Å². The molecular formula is C30H34N2O7S. The second kappa shape index (κ2) is 11.7. The van der Waals surface area contributed by atoms with Crippen LogP contribution in [0.3, 0.4) is 0 Å². The highest BCUT2D eigenvalue weighted by atomic mass is 32.2. The van der Waals surface area contributed by atoms with Crippen molar-refractivity contribution in [2.75, 3.05) is 37.5 Å².